The first-order valence-corrected chi connectivity index (χ1v) is 10.6. The molecule has 0 fully saturated rings. The van der Waals surface area contributed by atoms with E-state index >= 15 is 0 Å². The molecule has 3 rings (SSSR count). The fourth-order valence-corrected chi connectivity index (χ4v) is 3.96. The summed E-state index contributed by atoms with van der Waals surface area (Å²) in [6.45, 7) is 5.67. The lowest BCUT2D eigenvalue weighted by Crippen LogP contribution is -2.44. The molecule has 2 N–H and O–H groups in total. The lowest BCUT2D eigenvalue weighted by atomic mass is 10.1. The number of ether oxygens (including phenoxy) is 1. The number of hydrogen-bond donors (Lipinski definition) is 1. The predicted octanol–water partition coefficient (Wildman–Crippen LogP) is 3.80. The Balaban J connectivity index is 1.57. The smallest absolute Gasteiger partial charge is 0.410 e. The fourth-order valence-electron chi connectivity index (χ4n) is 3.96. The zero-order chi connectivity index (χ0) is 21.7. The maximum atomic E-state index is 12.7. The number of hydrogen-bond acceptors (Lipinski definition) is 4. The van der Waals surface area contributed by atoms with Gasteiger partial charge in [-0.3, -0.25) is 4.79 Å². The van der Waals surface area contributed by atoms with Gasteiger partial charge in [-0.05, 0) is 37.8 Å². The number of fused-ring (bicyclic) bond motifs is 3. The number of amides is 2. The van der Waals surface area contributed by atoms with E-state index in [1.165, 1.54) is 0 Å². The molecule has 2 amide bonds. The van der Waals surface area contributed by atoms with Crippen molar-refractivity contribution < 1.29 is 14.3 Å². The van der Waals surface area contributed by atoms with E-state index in [4.69, 9.17) is 10.5 Å². The maximum absolute atomic E-state index is 12.7. The van der Waals surface area contributed by atoms with E-state index in [1.807, 2.05) is 50.2 Å². The summed E-state index contributed by atoms with van der Waals surface area (Å²) < 4.78 is 5.88. The molecule has 2 aromatic carbocycles. The van der Waals surface area contributed by atoms with Crippen LogP contribution in [0, 0.1) is 0 Å². The Morgan fingerprint density at radius 2 is 1.53 bits per heavy atom. The van der Waals surface area contributed by atoms with Gasteiger partial charge in [0.25, 0.3) is 0 Å². The van der Waals surface area contributed by atoms with Gasteiger partial charge in [-0.15, -0.1) is 0 Å². The van der Waals surface area contributed by atoms with E-state index in [0.717, 1.165) is 22.3 Å². The molecular formula is C24H31N3O3. The van der Waals surface area contributed by atoms with Crippen molar-refractivity contribution >= 4 is 12.0 Å². The average molecular weight is 410 g/mol. The highest BCUT2D eigenvalue weighted by molar-refractivity contribution is 5.81. The monoisotopic (exact) mass is 409 g/mol. The quantitative estimate of drug-likeness (QED) is 0.719. The predicted molar refractivity (Wildman–Crippen MR) is 118 cm³/mol. The molecule has 0 saturated carbocycles. The Kier molecular flexibility index (Phi) is 7.11. The zero-order valence-electron chi connectivity index (χ0n) is 18.0. The Hall–Kier alpha value is -2.86. The van der Waals surface area contributed by atoms with Crippen LogP contribution in [0.3, 0.4) is 0 Å². The first-order chi connectivity index (χ1) is 14.5. The summed E-state index contributed by atoms with van der Waals surface area (Å²) in [6, 6.07) is 15.5. The molecule has 1 aliphatic rings. The van der Waals surface area contributed by atoms with E-state index in [-0.39, 0.29) is 12.0 Å². The van der Waals surface area contributed by atoms with Crippen LogP contribution in [-0.2, 0) is 9.53 Å². The number of carbonyl (C=O) groups excluding carboxylic acids is 2. The SMILES string of the molecule is CCN(CC)C(=O)[C@@H](N)CCCN(C)C(=O)OC1c2ccccc2-c2ccccc21. The van der Waals surface area contributed by atoms with E-state index in [1.54, 1.807) is 16.8 Å². The van der Waals surface area contributed by atoms with Crippen molar-refractivity contribution in [2.75, 3.05) is 26.7 Å². The van der Waals surface area contributed by atoms with Gasteiger partial charge in [-0.25, -0.2) is 4.79 Å². The van der Waals surface area contributed by atoms with Crippen LogP contribution in [0.5, 0.6) is 0 Å². The third-order valence-corrected chi connectivity index (χ3v) is 5.71. The second kappa shape index (κ2) is 9.76. The summed E-state index contributed by atoms with van der Waals surface area (Å²) in [4.78, 5) is 28.3. The van der Waals surface area contributed by atoms with Gasteiger partial charge < -0.3 is 20.3 Å². The summed E-state index contributed by atoms with van der Waals surface area (Å²) in [7, 11) is 1.72. The van der Waals surface area contributed by atoms with Gasteiger partial charge in [0.1, 0.15) is 0 Å². The first kappa shape index (κ1) is 21.8. The topological polar surface area (TPSA) is 75.9 Å². The zero-order valence-corrected chi connectivity index (χ0v) is 18.0. The van der Waals surface area contributed by atoms with Crippen LogP contribution in [0.4, 0.5) is 4.79 Å². The number of benzene rings is 2. The Labute approximate surface area is 178 Å². The van der Waals surface area contributed by atoms with E-state index < -0.39 is 12.1 Å². The fraction of sp³-hybridized carbons (Fsp3) is 0.417. The molecule has 30 heavy (non-hydrogen) atoms. The Morgan fingerprint density at radius 1 is 1.00 bits per heavy atom. The number of nitrogens with two attached hydrogens (primary N) is 1. The molecule has 2 aromatic rings. The Bertz CT molecular complexity index is 849. The third kappa shape index (κ3) is 4.49. The van der Waals surface area contributed by atoms with Crippen molar-refractivity contribution in [1.29, 1.82) is 0 Å². The van der Waals surface area contributed by atoms with E-state index in [9.17, 15) is 9.59 Å². The van der Waals surface area contributed by atoms with Crippen LogP contribution in [0.25, 0.3) is 11.1 Å². The molecule has 0 aliphatic heterocycles. The van der Waals surface area contributed by atoms with Crippen molar-refractivity contribution in [2.24, 2.45) is 5.73 Å². The van der Waals surface area contributed by atoms with E-state index in [2.05, 4.69) is 12.1 Å². The van der Waals surface area contributed by atoms with Crippen molar-refractivity contribution in [1.82, 2.24) is 9.80 Å². The van der Waals surface area contributed by atoms with Crippen LogP contribution in [0.2, 0.25) is 0 Å². The highest BCUT2D eigenvalue weighted by atomic mass is 16.6. The van der Waals surface area contributed by atoms with Gasteiger partial charge in [-0.1, -0.05) is 48.5 Å². The largest absolute Gasteiger partial charge is 0.436 e. The molecule has 6 heteroatoms. The number of nitrogens with zero attached hydrogens (tertiary/aromatic N) is 2. The molecular weight excluding hydrogens is 378 g/mol. The van der Waals surface area contributed by atoms with Crippen LogP contribution in [-0.4, -0.2) is 54.5 Å². The molecule has 1 atom stereocenters. The van der Waals surface area contributed by atoms with Crippen LogP contribution >= 0.6 is 0 Å². The average Bonchev–Trinajstić information content (AvgIpc) is 3.08. The minimum Gasteiger partial charge on any atom is -0.436 e. The number of likely N-dealkylation sites (N-methyl/N-ethyl adjacent to an activating group) is 1. The summed E-state index contributed by atoms with van der Waals surface area (Å²) in [5.41, 5.74) is 10.3. The summed E-state index contributed by atoms with van der Waals surface area (Å²) in [5.74, 6) is -0.0376. The van der Waals surface area contributed by atoms with Gasteiger partial charge in [0.2, 0.25) is 5.91 Å². The van der Waals surface area contributed by atoms with Crippen molar-refractivity contribution in [2.45, 2.75) is 38.8 Å². The highest BCUT2D eigenvalue weighted by Gasteiger charge is 2.31. The second-order valence-electron chi connectivity index (χ2n) is 7.62. The highest BCUT2D eigenvalue weighted by Crippen LogP contribution is 2.45. The standard InChI is InChI=1S/C24H31N3O3/c1-4-27(5-2)23(28)21(25)15-10-16-26(3)24(29)30-22-19-13-8-6-11-17(19)18-12-7-9-14-20(18)22/h6-9,11-14,21-22H,4-5,10,15-16,25H2,1-3H3/t21-/m0/s1. The lowest BCUT2D eigenvalue weighted by Gasteiger charge is -2.24. The summed E-state index contributed by atoms with van der Waals surface area (Å²) >= 11 is 0. The summed E-state index contributed by atoms with van der Waals surface area (Å²) in [6.07, 6.45) is 0.383. The third-order valence-electron chi connectivity index (χ3n) is 5.71. The Morgan fingerprint density at radius 3 is 2.07 bits per heavy atom. The normalized spacial score (nSPS) is 13.3. The number of rotatable bonds is 8. The minimum absolute atomic E-state index is 0.0376. The molecule has 0 aromatic heterocycles. The number of carbonyl (C=O) groups is 2. The molecule has 0 spiro atoms. The second-order valence-corrected chi connectivity index (χ2v) is 7.62. The minimum atomic E-state index is -0.539. The maximum Gasteiger partial charge on any atom is 0.410 e. The van der Waals surface area contributed by atoms with Gasteiger partial charge in [0.05, 0.1) is 6.04 Å². The summed E-state index contributed by atoms with van der Waals surface area (Å²) in [5, 5.41) is 0. The van der Waals surface area contributed by atoms with Crippen LogP contribution in [0.15, 0.2) is 48.5 Å². The molecule has 0 bridgehead atoms. The molecule has 0 heterocycles. The molecule has 160 valence electrons. The molecule has 0 unspecified atom stereocenters. The van der Waals surface area contributed by atoms with Gasteiger partial charge in [0.15, 0.2) is 6.10 Å². The molecule has 0 radical (unpaired) electrons. The molecule has 1 aliphatic carbocycles. The molecule has 0 saturated heterocycles. The van der Waals surface area contributed by atoms with Crippen molar-refractivity contribution in [3.8, 4) is 11.1 Å². The van der Waals surface area contributed by atoms with Gasteiger partial charge >= 0.3 is 6.09 Å². The van der Waals surface area contributed by atoms with Crippen molar-refractivity contribution in [3.63, 3.8) is 0 Å². The first-order valence-electron chi connectivity index (χ1n) is 10.6. The van der Waals surface area contributed by atoms with Gasteiger partial charge in [0, 0.05) is 37.8 Å². The van der Waals surface area contributed by atoms with Crippen LogP contribution in [0.1, 0.15) is 43.9 Å². The van der Waals surface area contributed by atoms with Crippen molar-refractivity contribution in [3.05, 3.63) is 59.7 Å². The van der Waals surface area contributed by atoms with Gasteiger partial charge in [-0.2, -0.15) is 0 Å². The van der Waals surface area contributed by atoms with E-state index in [0.29, 0.717) is 32.5 Å². The van der Waals surface area contributed by atoms with Crippen LogP contribution < -0.4 is 5.73 Å². The lowest BCUT2D eigenvalue weighted by molar-refractivity contribution is -0.132. The molecule has 6 nitrogen and oxygen atoms in total.